The highest BCUT2D eigenvalue weighted by Gasteiger charge is 2.22. The zero-order chi connectivity index (χ0) is 13.7. The molecule has 0 unspecified atom stereocenters. The average Bonchev–Trinajstić information content (AvgIpc) is 2.85. The van der Waals surface area contributed by atoms with E-state index in [1.165, 1.54) is 12.8 Å². The lowest BCUT2D eigenvalue weighted by Gasteiger charge is -2.29. The van der Waals surface area contributed by atoms with Crippen molar-refractivity contribution in [1.82, 2.24) is 15.2 Å². The molecular weight excluding hydrogens is 306 g/mol. The fourth-order valence-corrected chi connectivity index (χ4v) is 2.93. The summed E-state index contributed by atoms with van der Waals surface area (Å²) in [5, 5.41) is 3.37. The molecule has 1 aromatic rings. The van der Waals surface area contributed by atoms with E-state index in [-0.39, 0.29) is 5.91 Å². The first-order chi connectivity index (χ1) is 9.20. The van der Waals surface area contributed by atoms with Crippen molar-refractivity contribution in [3.63, 3.8) is 0 Å². The van der Waals surface area contributed by atoms with Crippen molar-refractivity contribution < 1.29 is 4.79 Å². The second kappa shape index (κ2) is 7.10. The Kier molecular flexibility index (Phi) is 5.45. The Labute approximate surface area is 123 Å². The van der Waals surface area contributed by atoms with Gasteiger partial charge in [0.1, 0.15) is 5.69 Å². The number of nitrogens with one attached hydrogen (secondary N) is 2. The van der Waals surface area contributed by atoms with Gasteiger partial charge in [-0.1, -0.05) is 6.92 Å². The number of carbonyl (C=O) groups excluding carboxylic acids is 1. The minimum Gasteiger partial charge on any atom is -0.356 e. The highest BCUT2D eigenvalue weighted by Crippen LogP contribution is 2.17. The number of H-pyrrole nitrogens is 1. The van der Waals surface area contributed by atoms with Crippen molar-refractivity contribution in [2.75, 3.05) is 26.2 Å². The molecule has 106 valence electrons. The van der Waals surface area contributed by atoms with E-state index < -0.39 is 0 Å². The molecular formula is C14H22BrN3O. The minimum absolute atomic E-state index is 0.117. The molecule has 5 heteroatoms. The zero-order valence-corrected chi connectivity index (χ0v) is 13.0. The molecule has 0 aliphatic carbocycles. The van der Waals surface area contributed by atoms with E-state index in [0.29, 0.717) is 11.6 Å². The topological polar surface area (TPSA) is 48.1 Å². The molecule has 0 saturated carbocycles. The van der Waals surface area contributed by atoms with Gasteiger partial charge in [-0.05, 0) is 60.3 Å². The SMILES string of the molecule is CCCN(CC1CCNCC1)C(=O)c1cc(Br)c[nH]1. The Balaban J connectivity index is 1.99. The molecule has 0 aromatic carbocycles. The van der Waals surface area contributed by atoms with Gasteiger partial charge in [0.2, 0.25) is 0 Å². The van der Waals surface area contributed by atoms with Crippen LogP contribution in [0.4, 0.5) is 0 Å². The number of carbonyl (C=O) groups is 1. The number of hydrogen-bond acceptors (Lipinski definition) is 2. The Morgan fingerprint density at radius 3 is 2.79 bits per heavy atom. The van der Waals surface area contributed by atoms with Crippen LogP contribution in [0, 0.1) is 5.92 Å². The first-order valence-electron chi connectivity index (χ1n) is 7.04. The molecule has 2 rings (SSSR count). The van der Waals surface area contributed by atoms with Crippen molar-refractivity contribution in [1.29, 1.82) is 0 Å². The summed E-state index contributed by atoms with van der Waals surface area (Å²) in [5.41, 5.74) is 0.675. The van der Waals surface area contributed by atoms with Crippen LogP contribution in [0.15, 0.2) is 16.7 Å². The number of aromatic nitrogens is 1. The summed E-state index contributed by atoms with van der Waals surface area (Å²) >= 11 is 3.38. The third-order valence-corrected chi connectivity index (χ3v) is 4.05. The molecule has 1 fully saturated rings. The maximum atomic E-state index is 12.5. The number of halogens is 1. The summed E-state index contributed by atoms with van der Waals surface area (Å²) in [6.07, 6.45) is 5.14. The Morgan fingerprint density at radius 1 is 1.47 bits per heavy atom. The van der Waals surface area contributed by atoms with Gasteiger partial charge in [-0.3, -0.25) is 4.79 Å². The first-order valence-corrected chi connectivity index (χ1v) is 7.84. The molecule has 0 radical (unpaired) electrons. The van der Waals surface area contributed by atoms with Gasteiger partial charge in [0.05, 0.1) is 0 Å². The maximum absolute atomic E-state index is 12.5. The molecule has 1 amide bonds. The monoisotopic (exact) mass is 327 g/mol. The van der Waals surface area contributed by atoms with Crippen molar-refractivity contribution in [2.45, 2.75) is 26.2 Å². The smallest absolute Gasteiger partial charge is 0.270 e. The van der Waals surface area contributed by atoms with E-state index >= 15 is 0 Å². The summed E-state index contributed by atoms with van der Waals surface area (Å²) in [6.45, 7) is 5.98. The normalized spacial score (nSPS) is 16.5. The molecule has 0 atom stereocenters. The van der Waals surface area contributed by atoms with Gasteiger partial charge in [-0.2, -0.15) is 0 Å². The maximum Gasteiger partial charge on any atom is 0.270 e. The van der Waals surface area contributed by atoms with E-state index in [1.54, 1.807) is 0 Å². The second-order valence-corrected chi connectivity index (χ2v) is 6.09. The number of piperidine rings is 1. The lowest BCUT2D eigenvalue weighted by atomic mass is 9.97. The predicted octanol–water partition coefficient (Wildman–Crippen LogP) is 2.63. The van der Waals surface area contributed by atoms with Gasteiger partial charge >= 0.3 is 0 Å². The standard InChI is InChI=1S/C14H22BrN3O/c1-2-7-18(10-11-3-5-16-6-4-11)14(19)13-8-12(15)9-17-13/h8-9,11,16-17H,2-7,10H2,1H3. The fraction of sp³-hybridized carbons (Fsp3) is 0.643. The molecule has 19 heavy (non-hydrogen) atoms. The summed E-state index contributed by atoms with van der Waals surface area (Å²) in [5.74, 6) is 0.751. The Hall–Kier alpha value is -0.810. The lowest BCUT2D eigenvalue weighted by molar-refractivity contribution is 0.0711. The second-order valence-electron chi connectivity index (χ2n) is 5.18. The molecule has 1 saturated heterocycles. The van der Waals surface area contributed by atoms with E-state index in [9.17, 15) is 4.79 Å². The zero-order valence-electron chi connectivity index (χ0n) is 11.4. The fourth-order valence-electron chi connectivity index (χ4n) is 2.58. The van der Waals surface area contributed by atoms with Gasteiger partial charge in [-0.25, -0.2) is 0 Å². The summed E-state index contributed by atoms with van der Waals surface area (Å²) in [4.78, 5) is 17.5. The quantitative estimate of drug-likeness (QED) is 0.873. The first kappa shape index (κ1) is 14.6. The van der Waals surface area contributed by atoms with Crippen molar-refractivity contribution in [2.24, 2.45) is 5.92 Å². The van der Waals surface area contributed by atoms with Gasteiger partial charge in [0, 0.05) is 23.8 Å². The molecule has 1 aliphatic heterocycles. The molecule has 1 aliphatic rings. The van der Waals surface area contributed by atoms with Gasteiger partial charge < -0.3 is 15.2 Å². The van der Waals surface area contributed by atoms with E-state index in [1.807, 2.05) is 17.2 Å². The molecule has 4 nitrogen and oxygen atoms in total. The van der Waals surface area contributed by atoms with E-state index in [2.05, 4.69) is 33.2 Å². The highest BCUT2D eigenvalue weighted by molar-refractivity contribution is 9.10. The number of rotatable bonds is 5. The van der Waals surface area contributed by atoms with Crippen LogP contribution in [0.5, 0.6) is 0 Å². The van der Waals surface area contributed by atoms with Gasteiger partial charge in [0.25, 0.3) is 5.91 Å². The van der Waals surface area contributed by atoms with Gasteiger partial charge in [-0.15, -0.1) is 0 Å². The number of amides is 1. The van der Waals surface area contributed by atoms with Crippen molar-refractivity contribution >= 4 is 21.8 Å². The van der Waals surface area contributed by atoms with Crippen LogP contribution < -0.4 is 5.32 Å². The molecule has 1 aromatic heterocycles. The Bertz CT molecular complexity index is 413. The van der Waals surface area contributed by atoms with Gasteiger partial charge in [0.15, 0.2) is 0 Å². The average molecular weight is 328 g/mol. The van der Waals surface area contributed by atoms with Crippen LogP contribution in [-0.2, 0) is 0 Å². The van der Waals surface area contributed by atoms with Crippen molar-refractivity contribution in [3.8, 4) is 0 Å². The third kappa shape index (κ3) is 4.08. The van der Waals surface area contributed by atoms with Crippen LogP contribution in [0.1, 0.15) is 36.7 Å². The number of nitrogens with zero attached hydrogens (tertiary/aromatic N) is 1. The molecule has 0 spiro atoms. The minimum atomic E-state index is 0.117. The molecule has 2 N–H and O–H groups in total. The van der Waals surface area contributed by atoms with E-state index in [4.69, 9.17) is 0 Å². The Morgan fingerprint density at radius 2 is 2.21 bits per heavy atom. The number of hydrogen-bond donors (Lipinski definition) is 2. The third-order valence-electron chi connectivity index (χ3n) is 3.60. The van der Waals surface area contributed by atoms with E-state index in [0.717, 1.165) is 37.1 Å². The van der Waals surface area contributed by atoms with Crippen LogP contribution in [0.3, 0.4) is 0 Å². The largest absolute Gasteiger partial charge is 0.356 e. The summed E-state index contributed by atoms with van der Waals surface area (Å²) in [6, 6.07) is 1.85. The molecule has 2 heterocycles. The van der Waals surface area contributed by atoms with Crippen molar-refractivity contribution in [3.05, 3.63) is 22.4 Å². The lowest BCUT2D eigenvalue weighted by Crippen LogP contribution is -2.39. The van der Waals surface area contributed by atoms with Crippen LogP contribution in [-0.4, -0.2) is 42.0 Å². The predicted molar refractivity (Wildman–Crippen MR) is 80.3 cm³/mol. The molecule has 0 bridgehead atoms. The van der Waals surface area contributed by atoms with Crippen LogP contribution in [0.2, 0.25) is 0 Å². The summed E-state index contributed by atoms with van der Waals surface area (Å²) < 4.78 is 0.925. The van der Waals surface area contributed by atoms with Crippen LogP contribution in [0.25, 0.3) is 0 Å². The summed E-state index contributed by atoms with van der Waals surface area (Å²) in [7, 11) is 0. The number of aromatic amines is 1. The van der Waals surface area contributed by atoms with Crippen LogP contribution >= 0.6 is 15.9 Å². The highest BCUT2D eigenvalue weighted by atomic mass is 79.9.